The predicted molar refractivity (Wildman–Crippen MR) is 127 cm³/mol. The van der Waals surface area contributed by atoms with Crippen LogP contribution in [0.5, 0.6) is 17.2 Å². The van der Waals surface area contributed by atoms with Gasteiger partial charge in [0, 0.05) is 5.56 Å². The molecule has 7 heteroatoms. The fourth-order valence-corrected chi connectivity index (χ4v) is 3.50. The van der Waals surface area contributed by atoms with Crippen LogP contribution < -0.4 is 19.7 Å². The molecule has 4 rings (SSSR count). The van der Waals surface area contributed by atoms with Gasteiger partial charge in [-0.25, -0.2) is 0 Å². The van der Waals surface area contributed by atoms with E-state index in [0.717, 1.165) is 0 Å². The van der Waals surface area contributed by atoms with E-state index in [1.54, 1.807) is 36.4 Å². The van der Waals surface area contributed by atoms with Crippen molar-refractivity contribution in [3.8, 4) is 17.2 Å². The number of rotatable bonds is 6. The molecule has 1 aliphatic heterocycles. The first-order valence-electron chi connectivity index (χ1n) is 10.0. The van der Waals surface area contributed by atoms with Gasteiger partial charge in [0.15, 0.2) is 5.11 Å². The number of nitrogens with zero attached hydrogens (tertiary/aromatic N) is 1. The van der Waals surface area contributed by atoms with E-state index in [2.05, 4.69) is 5.32 Å². The van der Waals surface area contributed by atoms with Crippen LogP contribution in [0.25, 0.3) is 6.08 Å². The highest BCUT2D eigenvalue weighted by atomic mass is 32.1. The fraction of sp³-hybridized carbons (Fsp3) is 0.0800. The Morgan fingerprint density at radius 3 is 2.28 bits per heavy atom. The van der Waals surface area contributed by atoms with Crippen molar-refractivity contribution in [2.45, 2.75) is 6.92 Å². The van der Waals surface area contributed by atoms with E-state index in [1.807, 2.05) is 49.4 Å². The molecule has 0 aliphatic carbocycles. The molecule has 0 spiro atoms. The average molecular weight is 445 g/mol. The van der Waals surface area contributed by atoms with Gasteiger partial charge in [0.1, 0.15) is 22.8 Å². The molecular formula is C25H20N2O4S. The summed E-state index contributed by atoms with van der Waals surface area (Å²) in [6, 6.07) is 23.5. The standard InChI is InChI=1S/C25H20N2O4S/c1-2-30-22-11-7-6-8-17(22)16-21-23(28)26-25(32)27(24(21)29)18-12-14-20(15-13-18)31-19-9-4-3-5-10-19/h3-16H,2H2,1H3,(H,26,28,32). The van der Waals surface area contributed by atoms with Gasteiger partial charge in [-0.05, 0) is 67.7 Å². The molecule has 160 valence electrons. The molecule has 1 saturated heterocycles. The zero-order valence-corrected chi connectivity index (χ0v) is 18.1. The van der Waals surface area contributed by atoms with Crippen molar-refractivity contribution in [2.24, 2.45) is 0 Å². The molecule has 1 aliphatic rings. The lowest BCUT2D eigenvalue weighted by Gasteiger charge is -2.29. The number of hydrogen-bond acceptors (Lipinski definition) is 5. The van der Waals surface area contributed by atoms with Crippen molar-refractivity contribution in [3.05, 3.63) is 90.0 Å². The fourth-order valence-electron chi connectivity index (χ4n) is 3.22. The summed E-state index contributed by atoms with van der Waals surface area (Å²) in [6.07, 6.45) is 1.52. The maximum Gasteiger partial charge on any atom is 0.270 e. The maximum atomic E-state index is 13.2. The Hall–Kier alpha value is -3.97. The zero-order valence-electron chi connectivity index (χ0n) is 17.3. The summed E-state index contributed by atoms with van der Waals surface area (Å²) in [5, 5.41) is 2.61. The Morgan fingerprint density at radius 2 is 1.56 bits per heavy atom. The minimum Gasteiger partial charge on any atom is -0.493 e. The van der Waals surface area contributed by atoms with E-state index >= 15 is 0 Å². The lowest BCUT2D eigenvalue weighted by Crippen LogP contribution is -2.54. The summed E-state index contributed by atoms with van der Waals surface area (Å²) in [6.45, 7) is 2.33. The molecule has 0 unspecified atom stereocenters. The van der Waals surface area contributed by atoms with Crippen LogP contribution in [0, 0.1) is 0 Å². The normalized spacial score (nSPS) is 15.0. The number of thiocarbonyl (C=S) groups is 1. The Labute approximate surface area is 191 Å². The number of carbonyl (C=O) groups excluding carboxylic acids is 2. The molecule has 0 aromatic heterocycles. The van der Waals surface area contributed by atoms with Crippen molar-refractivity contribution in [3.63, 3.8) is 0 Å². The first-order chi connectivity index (χ1) is 15.6. The summed E-state index contributed by atoms with van der Waals surface area (Å²) < 4.78 is 11.4. The van der Waals surface area contributed by atoms with Crippen LogP contribution >= 0.6 is 12.2 Å². The molecule has 6 nitrogen and oxygen atoms in total. The highest BCUT2D eigenvalue weighted by molar-refractivity contribution is 7.80. The summed E-state index contributed by atoms with van der Waals surface area (Å²) in [7, 11) is 0. The number of anilines is 1. The molecule has 3 aromatic carbocycles. The molecule has 0 bridgehead atoms. The number of benzene rings is 3. The third kappa shape index (κ3) is 4.53. The smallest absolute Gasteiger partial charge is 0.270 e. The van der Waals surface area contributed by atoms with Gasteiger partial charge in [0.05, 0.1) is 12.3 Å². The second-order valence-corrected chi connectivity index (χ2v) is 7.22. The molecule has 1 fully saturated rings. The Bertz CT molecular complexity index is 1190. The van der Waals surface area contributed by atoms with Gasteiger partial charge in [-0.1, -0.05) is 36.4 Å². The Kier molecular flexibility index (Phi) is 6.28. The number of para-hydroxylation sites is 2. The minimum atomic E-state index is -0.549. The summed E-state index contributed by atoms with van der Waals surface area (Å²) >= 11 is 5.28. The van der Waals surface area contributed by atoms with E-state index in [0.29, 0.717) is 35.1 Å². The zero-order chi connectivity index (χ0) is 22.5. The quantitative estimate of drug-likeness (QED) is 0.339. The lowest BCUT2D eigenvalue weighted by atomic mass is 10.1. The molecule has 32 heavy (non-hydrogen) atoms. The predicted octanol–water partition coefficient (Wildman–Crippen LogP) is 4.71. The van der Waals surface area contributed by atoms with Gasteiger partial charge in [-0.15, -0.1) is 0 Å². The molecule has 0 saturated carbocycles. The highest BCUT2D eigenvalue weighted by Gasteiger charge is 2.34. The maximum absolute atomic E-state index is 13.2. The van der Waals surface area contributed by atoms with E-state index in [1.165, 1.54) is 11.0 Å². The highest BCUT2D eigenvalue weighted by Crippen LogP contribution is 2.28. The van der Waals surface area contributed by atoms with Crippen molar-refractivity contribution < 1.29 is 19.1 Å². The van der Waals surface area contributed by atoms with E-state index in [4.69, 9.17) is 21.7 Å². The second-order valence-electron chi connectivity index (χ2n) is 6.84. The molecule has 3 aromatic rings. The van der Waals surface area contributed by atoms with Crippen LogP contribution in [-0.2, 0) is 9.59 Å². The van der Waals surface area contributed by atoms with Crippen LogP contribution in [0.3, 0.4) is 0 Å². The van der Waals surface area contributed by atoms with Crippen molar-refractivity contribution in [1.29, 1.82) is 0 Å². The van der Waals surface area contributed by atoms with Crippen LogP contribution in [0.2, 0.25) is 0 Å². The van der Waals surface area contributed by atoms with Gasteiger partial charge in [0.2, 0.25) is 0 Å². The molecule has 0 radical (unpaired) electrons. The number of amides is 2. The number of hydrogen-bond donors (Lipinski definition) is 1. The van der Waals surface area contributed by atoms with Crippen molar-refractivity contribution in [1.82, 2.24) is 5.32 Å². The van der Waals surface area contributed by atoms with E-state index < -0.39 is 11.8 Å². The average Bonchev–Trinajstić information content (AvgIpc) is 2.79. The second kappa shape index (κ2) is 9.45. The molecule has 2 amide bonds. The van der Waals surface area contributed by atoms with Gasteiger partial charge in [0.25, 0.3) is 11.8 Å². The molecule has 1 heterocycles. The van der Waals surface area contributed by atoms with Gasteiger partial charge in [-0.3, -0.25) is 19.8 Å². The van der Waals surface area contributed by atoms with Gasteiger partial charge < -0.3 is 9.47 Å². The Morgan fingerprint density at radius 1 is 0.906 bits per heavy atom. The first-order valence-corrected chi connectivity index (χ1v) is 10.4. The summed E-state index contributed by atoms with van der Waals surface area (Å²) in [5.41, 5.74) is 1.12. The van der Waals surface area contributed by atoms with Gasteiger partial charge in [-0.2, -0.15) is 0 Å². The van der Waals surface area contributed by atoms with Crippen molar-refractivity contribution >= 4 is 40.9 Å². The van der Waals surface area contributed by atoms with E-state index in [-0.39, 0.29) is 10.7 Å². The van der Waals surface area contributed by atoms with Crippen LogP contribution in [0.4, 0.5) is 5.69 Å². The number of carbonyl (C=O) groups is 2. The first kappa shape index (κ1) is 21.3. The van der Waals surface area contributed by atoms with Crippen molar-refractivity contribution in [2.75, 3.05) is 11.5 Å². The number of ether oxygens (including phenoxy) is 2. The van der Waals surface area contributed by atoms with Crippen LogP contribution in [-0.4, -0.2) is 23.5 Å². The third-order valence-corrected chi connectivity index (χ3v) is 4.98. The van der Waals surface area contributed by atoms with Gasteiger partial charge >= 0.3 is 0 Å². The SMILES string of the molecule is CCOc1ccccc1C=C1C(=O)NC(=S)N(c2ccc(Oc3ccccc3)cc2)C1=O. The van der Waals surface area contributed by atoms with Crippen LogP contribution in [0.15, 0.2) is 84.4 Å². The molecule has 0 atom stereocenters. The number of nitrogens with one attached hydrogen (secondary N) is 1. The monoisotopic (exact) mass is 444 g/mol. The van der Waals surface area contributed by atoms with E-state index in [9.17, 15) is 9.59 Å². The van der Waals surface area contributed by atoms with Crippen LogP contribution in [0.1, 0.15) is 12.5 Å². The lowest BCUT2D eigenvalue weighted by molar-refractivity contribution is -0.122. The summed E-state index contributed by atoms with van der Waals surface area (Å²) in [5.74, 6) is 0.842. The molecular weight excluding hydrogens is 424 g/mol. The topological polar surface area (TPSA) is 67.9 Å². The largest absolute Gasteiger partial charge is 0.493 e. The minimum absolute atomic E-state index is 0.0203. The summed E-state index contributed by atoms with van der Waals surface area (Å²) in [4.78, 5) is 27.1. The molecule has 1 N–H and O–H groups in total. The third-order valence-electron chi connectivity index (χ3n) is 4.69. The Balaban J connectivity index is 1.61.